The maximum absolute atomic E-state index is 6.22. The van der Waals surface area contributed by atoms with Crippen molar-refractivity contribution in [2.75, 3.05) is 0 Å². The fourth-order valence-corrected chi connectivity index (χ4v) is 3.32. The second-order valence-electron chi connectivity index (χ2n) is 8.11. The summed E-state index contributed by atoms with van der Waals surface area (Å²) in [6.07, 6.45) is 4.28. The third-order valence-electron chi connectivity index (χ3n) is 4.58. The molecule has 29 heavy (non-hydrogen) atoms. The molecule has 0 bridgehead atoms. The lowest BCUT2D eigenvalue weighted by Gasteiger charge is -2.21. The fraction of sp³-hybridized carbons (Fsp3) is 0.148. The minimum absolute atomic E-state index is 0.182. The van der Waals surface area contributed by atoms with Crippen LogP contribution in [0.2, 0.25) is 0 Å². The highest BCUT2D eigenvalue weighted by Gasteiger charge is 2.19. The summed E-state index contributed by atoms with van der Waals surface area (Å²) in [5, 5.41) is 0. The second kappa shape index (κ2) is 7.92. The van der Waals surface area contributed by atoms with Crippen molar-refractivity contribution in [2.24, 2.45) is 4.99 Å². The molecule has 0 N–H and O–H groups in total. The summed E-state index contributed by atoms with van der Waals surface area (Å²) < 4.78 is 6.22. The van der Waals surface area contributed by atoms with Gasteiger partial charge < -0.3 is 4.74 Å². The first-order valence-electron chi connectivity index (χ1n) is 9.91. The van der Waals surface area contributed by atoms with Gasteiger partial charge in [-0.2, -0.15) is 0 Å². The molecule has 0 saturated heterocycles. The predicted molar refractivity (Wildman–Crippen MR) is 122 cm³/mol. The van der Waals surface area contributed by atoms with Crippen LogP contribution in [0.1, 0.15) is 37.5 Å². The van der Waals surface area contributed by atoms with Crippen LogP contribution in [0.25, 0.3) is 11.3 Å². The number of allylic oxidation sites excluding steroid dienone is 3. The standard InChI is InChI=1S/C27H25NO/c1-27(2,3)28-24(20-12-6-4-7-13-20)18-22-19-26(21-14-8-5-9-15-21)29-25-17-11-10-16-23(22)25/h4-19H,1-3H3/b22-18+,28-24?. The van der Waals surface area contributed by atoms with Crippen molar-refractivity contribution in [1.29, 1.82) is 0 Å². The zero-order valence-corrected chi connectivity index (χ0v) is 17.1. The molecule has 1 heterocycles. The van der Waals surface area contributed by atoms with E-state index in [1.54, 1.807) is 0 Å². The van der Waals surface area contributed by atoms with Crippen LogP contribution in [0.15, 0.2) is 102 Å². The van der Waals surface area contributed by atoms with Crippen LogP contribution in [0.3, 0.4) is 0 Å². The molecule has 0 amide bonds. The van der Waals surface area contributed by atoms with Gasteiger partial charge in [0.2, 0.25) is 0 Å². The molecule has 1 aliphatic rings. The monoisotopic (exact) mass is 379 g/mol. The Kier molecular flexibility index (Phi) is 5.18. The molecular formula is C27H25NO. The van der Waals surface area contributed by atoms with E-state index in [1.165, 1.54) is 0 Å². The van der Waals surface area contributed by atoms with Gasteiger partial charge >= 0.3 is 0 Å². The molecule has 0 spiro atoms. The predicted octanol–water partition coefficient (Wildman–Crippen LogP) is 6.79. The Morgan fingerprint density at radius 2 is 1.41 bits per heavy atom. The third kappa shape index (κ3) is 4.55. The Bertz CT molecular complexity index is 1080. The van der Waals surface area contributed by atoms with Crippen molar-refractivity contribution >= 4 is 17.0 Å². The average Bonchev–Trinajstić information content (AvgIpc) is 2.73. The molecule has 4 rings (SSSR count). The summed E-state index contributed by atoms with van der Waals surface area (Å²) in [4.78, 5) is 5.01. The molecule has 0 radical (unpaired) electrons. The van der Waals surface area contributed by atoms with Gasteiger partial charge in [0.05, 0.1) is 11.3 Å². The van der Waals surface area contributed by atoms with Crippen molar-refractivity contribution in [3.8, 4) is 5.75 Å². The largest absolute Gasteiger partial charge is 0.456 e. The zero-order chi connectivity index (χ0) is 20.3. The summed E-state index contributed by atoms with van der Waals surface area (Å²) in [7, 11) is 0. The zero-order valence-electron chi connectivity index (χ0n) is 17.1. The normalized spacial score (nSPS) is 15.5. The Labute approximate surface area is 172 Å². The molecule has 3 aromatic rings. The molecule has 0 atom stereocenters. The van der Waals surface area contributed by atoms with Crippen LogP contribution in [-0.4, -0.2) is 11.3 Å². The van der Waals surface area contributed by atoms with E-state index in [2.05, 4.69) is 75.4 Å². The highest BCUT2D eigenvalue weighted by molar-refractivity contribution is 6.14. The SMILES string of the molecule is CC(C)(C)N=C(/C=C1\C=C(c2ccccc2)Oc2ccccc21)c1ccccc1. The minimum Gasteiger partial charge on any atom is -0.456 e. The van der Waals surface area contributed by atoms with Gasteiger partial charge in [-0.1, -0.05) is 78.9 Å². The van der Waals surface area contributed by atoms with E-state index in [0.717, 1.165) is 39.5 Å². The summed E-state index contributed by atoms with van der Waals surface area (Å²) in [5.74, 6) is 1.71. The quantitative estimate of drug-likeness (QED) is 0.459. The van der Waals surface area contributed by atoms with E-state index in [1.807, 2.05) is 42.5 Å². The lowest BCUT2D eigenvalue weighted by molar-refractivity contribution is 0.509. The molecule has 0 unspecified atom stereocenters. The van der Waals surface area contributed by atoms with E-state index in [0.29, 0.717) is 0 Å². The van der Waals surface area contributed by atoms with Crippen molar-refractivity contribution < 1.29 is 4.74 Å². The van der Waals surface area contributed by atoms with Crippen molar-refractivity contribution in [3.05, 3.63) is 114 Å². The Morgan fingerprint density at radius 1 is 0.793 bits per heavy atom. The van der Waals surface area contributed by atoms with Gasteiger partial charge in [-0.15, -0.1) is 0 Å². The van der Waals surface area contributed by atoms with E-state index in [-0.39, 0.29) is 5.54 Å². The molecule has 2 nitrogen and oxygen atoms in total. The number of nitrogens with zero attached hydrogens (tertiary/aromatic N) is 1. The topological polar surface area (TPSA) is 21.6 Å². The van der Waals surface area contributed by atoms with Crippen molar-refractivity contribution in [2.45, 2.75) is 26.3 Å². The maximum atomic E-state index is 6.22. The minimum atomic E-state index is -0.182. The fourth-order valence-electron chi connectivity index (χ4n) is 3.32. The highest BCUT2D eigenvalue weighted by atomic mass is 16.5. The van der Waals surface area contributed by atoms with Crippen molar-refractivity contribution in [3.63, 3.8) is 0 Å². The van der Waals surface area contributed by atoms with Gasteiger partial charge in [0, 0.05) is 11.1 Å². The number of rotatable bonds is 3. The van der Waals surface area contributed by atoms with Gasteiger partial charge in [0.25, 0.3) is 0 Å². The van der Waals surface area contributed by atoms with Gasteiger partial charge in [0.1, 0.15) is 11.5 Å². The molecule has 0 fully saturated rings. The molecule has 144 valence electrons. The van der Waals surface area contributed by atoms with Crippen LogP contribution in [0, 0.1) is 0 Å². The van der Waals surface area contributed by atoms with Crippen LogP contribution in [0.5, 0.6) is 5.75 Å². The summed E-state index contributed by atoms with van der Waals surface area (Å²) in [5.41, 5.74) is 5.12. The van der Waals surface area contributed by atoms with Gasteiger partial charge in [-0.25, -0.2) is 0 Å². The molecule has 0 aliphatic carbocycles. The summed E-state index contributed by atoms with van der Waals surface area (Å²) in [6, 6.07) is 28.7. The molecule has 0 saturated carbocycles. The van der Waals surface area contributed by atoms with Gasteiger partial charge in [0.15, 0.2) is 0 Å². The number of para-hydroxylation sites is 1. The molecule has 1 aliphatic heterocycles. The number of hydrogen-bond donors (Lipinski definition) is 0. The smallest absolute Gasteiger partial charge is 0.135 e. The van der Waals surface area contributed by atoms with Crippen LogP contribution >= 0.6 is 0 Å². The third-order valence-corrected chi connectivity index (χ3v) is 4.58. The van der Waals surface area contributed by atoms with E-state index in [4.69, 9.17) is 9.73 Å². The van der Waals surface area contributed by atoms with Crippen LogP contribution < -0.4 is 4.74 Å². The first kappa shape index (κ1) is 18.9. The first-order valence-corrected chi connectivity index (χ1v) is 9.91. The number of fused-ring (bicyclic) bond motifs is 1. The second-order valence-corrected chi connectivity index (χ2v) is 8.11. The average molecular weight is 380 g/mol. The van der Waals surface area contributed by atoms with E-state index in [9.17, 15) is 0 Å². The lowest BCUT2D eigenvalue weighted by Crippen LogP contribution is -2.14. The molecular weight excluding hydrogens is 354 g/mol. The van der Waals surface area contributed by atoms with E-state index >= 15 is 0 Å². The number of benzene rings is 3. The highest BCUT2D eigenvalue weighted by Crippen LogP contribution is 2.37. The van der Waals surface area contributed by atoms with Gasteiger partial charge in [-0.05, 0) is 50.1 Å². The van der Waals surface area contributed by atoms with Crippen LogP contribution in [0.4, 0.5) is 0 Å². The molecule has 2 heteroatoms. The Morgan fingerprint density at radius 3 is 2.10 bits per heavy atom. The Balaban J connectivity index is 1.88. The molecule has 3 aromatic carbocycles. The first-order chi connectivity index (χ1) is 14.0. The van der Waals surface area contributed by atoms with Gasteiger partial charge in [-0.3, -0.25) is 4.99 Å². The van der Waals surface area contributed by atoms with E-state index < -0.39 is 0 Å². The summed E-state index contributed by atoms with van der Waals surface area (Å²) >= 11 is 0. The molecule has 0 aromatic heterocycles. The number of aliphatic imine (C=N–C) groups is 1. The lowest BCUT2D eigenvalue weighted by atomic mass is 9.96. The van der Waals surface area contributed by atoms with Crippen LogP contribution in [-0.2, 0) is 0 Å². The summed E-state index contributed by atoms with van der Waals surface area (Å²) in [6.45, 7) is 6.37. The number of ether oxygens (including phenoxy) is 1. The number of hydrogen-bond acceptors (Lipinski definition) is 2. The Hall–Kier alpha value is -3.39. The van der Waals surface area contributed by atoms with Crippen molar-refractivity contribution in [1.82, 2.24) is 0 Å². The maximum Gasteiger partial charge on any atom is 0.135 e.